The summed E-state index contributed by atoms with van der Waals surface area (Å²) in [6, 6.07) is 4.47. The molecule has 0 spiro atoms. The molecular formula is C18H29BrN2. The zero-order chi connectivity index (χ0) is 15.5. The molecule has 0 bridgehead atoms. The number of rotatable bonds is 4. The topological polar surface area (TPSA) is 38.0 Å². The van der Waals surface area contributed by atoms with Crippen molar-refractivity contribution in [1.29, 1.82) is 0 Å². The number of nitrogens with one attached hydrogen (secondary N) is 1. The van der Waals surface area contributed by atoms with Crippen molar-refractivity contribution < 1.29 is 0 Å². The molecule has 21 heavy (non-hydrogen) atoms. The number of anilines is 1. The van der Waals surface area contributed by atoms with E-state index >= 15 is 0 Å². The average Bonchev–Trinajstić information content (AvgIpc) is 2.67. The van der Waals surface area contributed by atoms with Crippen LogP contribution in [-0.4, -0.2) is 12.1 Å². The maximum Gasteiger partial charge on any atom is 0.0495 e. The molecule has 1 aliphatic rings. The first-order chi connectivity index (χ1) is 9.99. The summed E-state index contributed by atoms with van der Waals surface area (Å²) in [7, 11) is 0. The summed E-state index contributed by atoms with van der Waals surface area (Å²) >= 11 is 3.65. The Morgan fingerprint density at radius 3 is 2.48 bits per heavy atom. The van der Waals surface area contributed by atoms with Gasteiger partial charge in [0.2, 0.25) is 0 Å². The zero-order valence-corrected chi connectivity index (χ0v) is 15.2. The highest BCUT2D eigenvalue weighted by atomic mass is 79.9. The molecule has 3 heteroatoms. The number of hydrogen-bond acceptors (Lipinski definition) is 2. The number of hydrogen-bond donors (Lipinski definition) is 2. The van der Waals surface area contributed by atoms with E-state index in [0.717, 1.165) is 12.5 Å². The maximum absolute atomic E-state index is 6.18. The summed E-state index contributed by atoms with van der Waals surface area (Å²) < 4.78 is 1.21. The van der Waals surface area contributed by atoms with Crippen molar-refractivity contribution in [3.8, 4) is 0 Å². The van der Waals surface area contributed by atoms with Crippen LogP contribution in [0.2, 0.25) is 0 Å². The van der Waals surface area contributed by atoms with Crippen molar-refractivity contribution in [3.05, 3.63) is 27.7 Å². The van der Waals surface area contributed by atoms with Crippen LogP contribution in [0.1, 0.15) is 56.6 Å². The molecule has 3 N–H and O–H groups in total. The van der Waals surface area contributed by atoms with Crippen LogP contribution in [0.25, 0.3) is 0 Å². The second-order valence-corrected chi connectivity index (χ2v) is 7.53. The van der Waals surface area contributed by atoms with E-state index < -0.39 is 0 Å². The first-order valence-electron chi connectivity index (χ1n) is 8.24. The number of benzene rings is 1. The van der Waals surface area contributed by atoms with Crippen LogP contribution in [0.4, 0.5) is 5.69 Å². The van der Waals surface area contributed by atoms with Crippen molar-refractivity contribution in [2.24, 2.45) is 11.7 Å². The molecule has 2 nitrogen and oxygen atoms in total. The first-order valence-corrected chi connectivity index (χ1v) is 9.04. The summed E-state index contributed by atoms with van der Waals surface area (Å²) in [5.74, 6) is 0.883. The smallest absolute Gasteiger partial charge is 0.0495 e. The Labute approximate surface area is 138 Å². The van der Waals surface area contributed by atoms with Gasteiger partial charge in [-0.1, -0.05) is 42.1 Å². The second kappa shape index (κ2) is 7.15. The van der Waals surface area contributed by atoms with Crippen LogP contribution in [0, 0.1) is 19.8 Å². The highest BCUT2D eigenvalue weighted by Crippen LogP contribution is 2.35. The lowest BCUT2D eigenvalue weighted by molar-refractivity contribution is 0.398. The molecule has 2 atom stereocenters. The minimum absolute atomic E-state index is 0.0800. The monoisotopic (exact) mass is 352 g/mol. The molecule has 0 aromatic heterocycles. The third-order valence-electron chi connectivity index (χ3n) is 5.11. The van der Waals surface area contributed by atoms with Crippen LogP contribution in [0.15, 0.2) is 16.6 Å². The molecule has 1 aromatic rings. The van der Waals surface area contributed by atoms with E-state index in [1.807, 2.05) is 0 Å². The van der Waals surface area contributed by atoms with Gasteiger partial charge in [-0.25, -0.2) is 0 Å². The minimum Gasteiger partial charge on any atom is -0.378 e. The van der Waals surface area contributed by atoms with Gasteiger partial charge in [0.15, 0.2) is 0 Å². The van der Waals surface area contributed by atoms with Crippen molar-refractivity contribution in [2.45, 2.75) is 64.8 Å². The van der Waals surface area contributed by atoms with E-state index in [1.54, 1.807) is 0 Å². The minimum atomic E-state index is 0.0800. The zero-order valence-electron chi connectivity index (χ0n) is 13.6. The highest BCUT2D eigenvalue weighted by molar-refractivity contribution is 9.10. The molecule has 0 amide bonds. The third-order valence-corrected chi connectivity index (χ3v) is 6.36. The van der Waals surface area contributed by atoms with Gasteiger partial charge < -0.3 is 11.1 Å². The van der Waals surface area contributed by atoms with Gasteiger partial charge in [0.05, 0.1) is 0 Å². The fraction of sp³-hybridized carbons (Fsp3) is 0.667. The van der Waals surface area contributed by atoms with Crippen LogP contribution < -0.4 is 11.1 Å². The predicted molar refractivity (Wildman–Crippen MR) is 95.9 cm³/mol. The summed E-state index contributed by atoms with van der Waals surface area (Å²) in [4.78, 5) is 0. The van der Waals surface area contributed by atoms with Gasteiger partial charge in [0.1, 0.15) is 0 Å². The molecular weight excluding hydrogens is 324 g/mol. The van der Waals surface area contributed by atoms with E-state index in [2.05, 4.69) is 54.2 Å². The first kappa shape index (κ1) is 16.8. The Balaban J connectivity index is 2.18. The van der Waals surface area contributed by atoms with Crippen LogP contribution in [0.5, 0.6) is 0 Å². The lowest BCUT2D eigenvalue weighted by atomic mass is 9.88. The largest absolute Gasteiger partial charge is 0.378 e. The molecule has 1 aliphatic carbocycles. The summed E-state index contributed by atoms with van der Waals surface area (Å²) in [6.45, 7) is 7.34. The summed E-state index contributed by atoms with van der Waals surface area (Å²) in [5.41, 5.74) is 10.0. The predicted octanol–water partition coefficient (Wildman–Crippen LogP) is 5.17. The number of halogens is 1. The summed E-state index contributed by atoms with van der Waals surface area (Å²) in [5, 5.41) is 3.79. The van der Waals surface area contributed by atoms with E-state index in [1.165, 1.54) is 59.8 Å². The lowest BCUT2D eigenvalue weighted by Crippen LogP contribution is -2.45. The van der Waals surface area contributed by atoms with Crippen molar-refractivity contribution in [3.63, 3.8) is 0 Å². The molecule has 1 aromatic carbocycles. The molecule has 1 saturated carbocycles. The van der Waals surface area contributed by atoms with E-state index in [-0.39, 0.29) is 5.54 Å². The van der Waals surface area contributed by atoms with Gasteiger partial charge in [-0.2, -0.15) is 0 Å². The fourth-order valence-corrected chi connectivity index (χ4v) is 3.82. The van der Waals surface area contributed by atoms with Crippen LogP contribution >= 0.6 is 15.9 Å². The standard InChI is InChI=1S/C18H29BrN2/c1-4-15-6-5-8-18(12-20,9-7-15)21-16-10-13(2)17(19)14(3)11-16/h10-11,15,21H,4-9,12,20H2,1-3H3. The third kappa shape index (κ3) is 4.01. The van der Waals surface area contributed by atoms with Gasteiger partial charge in [-0.3, -0.25) is 0 Å². The van der Waals surface area contributed by atoms with Gasteiger partial charge in [-0.15, -0.1) is 0 Å². The van der Waals surface area contributed by atoms with Crippen molar-refractivity contribution in [2.75, 3.05) is 11.9 Å². The molecule has 2 rings (SSSR count). The molecule has 0 saturated heterocycles. The Morgan fingerprint density at radius 2 is 1.90 bits per heavy atom. The molecule has 1 fully saturated rings. The lowest BCUT2D eigenvalue weighted by Gasteiger charge is -2.34. The van der Waals surface area contributed by atoms with E-state index in [0.29, 0.717) is 0 Å². The Morgan fingerprint density at radius 1 is 1.24 bits per heavy atom. The molecule has 0 radical (unpaired) electrons. The Kier molecular flexibility index (Phi) is 5.73. The van der Waals surface area contributed by atoms with Crippen LogP contribution in [-0.2, 0) is 0 Å². The Hall–Kier alpha value is -0.540. The number of nitrogens with two attached hydrogens (primary N) is 1. The van der Waals surface area contributed by atoms with Crippen molar-refractivity contribution in [1.82, 2.24) is 0 Å². The van der Waals surface area contributed by atoms with Gasteiger partial charge >= 0.3 is 0 Å². The normalized spacial score (nSPS) is 26.4. The van der Waals surface area contributed by atoms with Gasteiger partial charge in [0, 0.05) is 22.2 Å². The average molecular weight is 353 g/mol. The van der Waals surface area contributed by atoms with Gasteiger partial charge in [-0.05, 0) is 62.3 Å². The van der Waals surface area contributed by atoms with Gasteiger partial charge in [0.25, 0.3) is 0 Å². The molecule has 118 valence electrons. The Bertz CT molecular complexity index is 463. The molecule has 0 aliphatic heterocycles. The van der Waals surface area contributed by atoms with E-state index in [9.17, 15) is 0 Å². The number of aryl methyl sites for hydroxylation is 2. The molecule has 0 heterocycles. The van der Waals surface area contributed by atoms with Crippen LogP contribution in [0.3, 0.4) is 0 Å². The summed E-state index contributed by atoms with van der Waals surface area (Å²) in [6.07, 6.45) is 7.63. The second-order valence-electron chi connectivity index (χ2n) is 6.74. The maximum atomic E-state index is 6.18. The highest BCUT2D eigenvalue weighted by Gasteiger charge is 2.31. The van der Waals surface area contributed by atoms with Crippen molar-refractivity contribution >= 4 is 21.6 Å². The quantitative estimate of drug-likeness (QED) is 0.733. The van der Waals surface area contributed by atoms with E-state index in [4.69, 9.17) is 5.73 Å². The SMILES string of the molecule is CCC1CCCC(CN)(Nc2cc(C)c(Br)c(C)c2)CC1. The molecule has 2 unspecified atom stereocenters. The fourth-order valence-electron chi connectivity index (χ4n) is 3.59.